The Morgan fingerprint density at radius 1 is 1.09 bits per heavy atom. The molecule has 23 heteroatoms. The lowest BCUT2D eigenvalue weighted by Gasteiger charge is -2.27. The van der Waals surface area contributed by atoms with Crippen molar-refractivity contribution < 1.29 is 56.4 Å². The number of hydrogen-bond acceptors (Lipinski definition) is 16. The molecule has 0 radical (unpaired) electrons. The molecule has 8 N–H and O–H groups in total. The number of H-pyrrole nitrogens is 1. The lowest BCUT2D eigenvalue weighted by molar-refractivity contribution is -0.0606. The summed E-state index contributed by atoms with van der Waals surface area (Å²) >= 11 is 0. The van der Waals surface area contributed by atoms with Crippen LogP contribution in [0.5, 0.6) is 0 Å². The van der Waals surface area contributed by atoms with Crippen molar-refractivity contribution in [3.8, 4) is 0 Å². The molecule has 3 aromatic heterocycles. The second-order valence-corrected chi connectivity index (χ2v) is 12.8. The second-order valence-electron chi connectivity index (χ2n) is 9.96. The predicted octanol–water partition coefficient (Wildman–Crippen LogP) is -1.23. The zero-order valence-corrected chi connectivity index (χ0v) is 23.4. The monoisotopic (exact) mass is 650 g/mol. The van der Waals surface area contributed by atoms with Gasteiger partial charge in [0.05, 0.1) is 31.8 Å². The number of phosphoric ester groups is 2. The van der Waals surface area contributed by atoms with Crippen LogP contribution in [0.4, 0.5) is 16.2 Å². The Bertz CT molecular complexity index is 1680. The van der Waals surface area contributed by atoms with Crippen molar-refractivity contribution in [1.29, 1.82) is 0 Å². The molecule has 5 heterocycles. The Labute approximate surface area is 239 Å². The van der Waals surface area contributed by atoms with Gasteiger partial charge in [0.15, 0.2) is 29.0 Å². The van der Waals surface area contributed by atoms with Gasteiger partial charge in [-0.2, -0.15) is 4.98 Å². The number of nitrogens with one attached hydrogen (secondary N) is 2. The summed E-state index contributed by atoms with van der Waals surface area (Å²) in [5, 5.41) is 24.5. The van der Waals surface area contributed by atoms with Crippen molar-refractivity contribution in [2.75, 3.05) is 24.3 Å². The molecule has 0 aromatic carbocycles. The Kier molecular flexibility index (Phi) is 7.84. The number of halogens is 1. The molecule has 3 aromatic rings. The maximum atomic E-state index is 14.1. The molecular formula is C20H25FN8O12P2. The van der Waals surface area contributed by atoms with Gasteiger partial charge < -0.3 is 35.8 Å². The van der Waals surface area contributed by atoms with Crippen molar-refractivity contribution in [2.24, 2.45) is 5.92 Å². The fourth-order valence-electron chi connectivity index (χ4n) is 5.21. The molecule has 2 unspecified atom stereocenters. The van der Waals surface area contributed by atoms with Crippen LogP contribution in [0.15, 0.2) is 23.6 Å². The number of phosphoric acid groups is 2. The molecule has 2 saturated heterocycles. The summed E-state index contributed by atoms with van der Waals surface area (Å²) in [5.74, 6) is -2.42. The van der Waals surface area contributed by atoms with Crippen molar-refractivity contribution in [1.82, 2.24) is 29.5 Å². The summed E-state index contributed by atoms with van der Waals surface area (Å²) < 4.78 is 67.8. The van der Waals surface area contributed by atoms with Gasteiger partial charge in [0.25, 0.3) is 5.56 Å². The first-order chi connectivity index (χ1) is 20.3. The van der Waals surface area contributed by atoms with E-state index < -0.39 is 88.9 Å². The SMILES string of the molecule is Nc1nc2c(ncn2[C@@H]2O[C@@H]3COP(=O)(O)O[C@@H]4[C@@H](COP(=O)(O)O[C@@H]2[C@@H]3O)C[C@@H](Nc2ncncc2F)[C@@H]4O)c(=O)[nH]1. The zero-order chi connectivity index (χ0) is 30.7. The highest BCUT2D eigenvalue weighted by Crippen LogP contribution is 2.54. The molecule has 3 aliphatic rings. The van der Waals surface area contributed by atoms with E-state index in [4.69, 9.17) is 28.6 Å². The molecular weight excluding hydrogens is 625 g/mol. The number of fused-ring (bicyclic) bond motifs is 4. The number of aliphatic hydroxyl groups excluding tert-OH is 2. The molecule has 43 heavy (non-hydrogen) atoms. The van der Waals surface area contributed by atoms with E-state index in [1.165, 1.54) is 0 Å². The third-order valence-corrected chi connectivity index (χ3v) is 9.13. The zero-order valence-electron chi connectivity index (χ0n) is 21.6. The van der Waals surface area contributed by atoms with Crippen molar-refractivity contribution in [3.63, 3.8) is 0 Å². The number of aliphatic hydroxyl groups is 2. The predicted molar refractivity (Wildman–Crippen MR) is 137 cm³/mol. The van der Waals surface area contributed by atoms with Gasteiger partial charge >= 0.3 is 15.6 Å². The fourth-order valence-corrected chi connectivity index (χ4v) is 7.18. The first-order valence-electron chi connectivity index (χ1n) is 12.6. The molecule has 2 bridgehead atoms. The number of nitrogens with two attached hydrogens (primary N) is 1. The second kappa shape index (κ2) is 11.2. The van der Waals surface area contributed by atoms with E-state index in [1.807, 2.05) is 0 Å². The van der Waals surface area contributed by atoms with E-state index in [9.17, 15) is 38.3 Å². The van der Waals surface area contributed by atoms with E-state index in [0.29, 0.717) is 0 Å². The minimum Gasteiger partial charge on any atom is -0.388 e. The molecule has 1 saturated carbocycles. The van der Waals surface area contributed by atoms with Crippen LogP contribution in [-0.4, -0.2) is 99.3 Å². The van der Waals surface area contributed by atoms with E-state index >= 15 is 0 Å². The number of nitrogen functional groups attached to an aromatic ring is 1. The minimum atomic E-state index is -5.05. The van der Waals surface area contributed by atoms with Crippen LogP contribution in [0.1, 0.15) is 12.6 Å². The smallest absolute Gasteiger partial charge is 0.388 e. The summed E-state index contributed by atoms with van der Waals surface area (Å²) in [4.78, 5) is 50.8. The number of ether oxygens (including phenoxy) is 1. The fraction of sp³-hybridized carbons (Fsp3) is 0.550. The average Bonchev–Trinajstić information content (AvgIpc) is 3.57. The van der Waals surface area contributed by atoms with E-state index in [1.54, 1.807) is 0 Å². The Morgan fingerprint density at radius 2 is 1.81 bits per heavy atom. The molecule has 6 rings (SSSR count). The maximum absolute atomic E-state index is 14.1. The quantitative estimate of drug-likeness (QED) is 0.163. The first-order valence-corrected chi connectivity index (χ1v) is 15.6. The summed E-state index contributed by atoms with van der Waals surface area (Å²) in [6, 6.07) is -1.02. The van der Waals surface area contributed by atoms with Crippen LogP contribution in [0, 0.1) is 11.7 Å². The van der Waals surface area contributed by atoms with E-state index in [-0.39, 0.29) is 29.4 Å². The Balaban J connectivity index is 1.29. The number of aromatic nitrogens is 6. The van der Waals surface area contributed by atoms with Gasteiger partial charge in [-0.3, -0.25) is 32.4 Å². The maximum Gasteiger partial charge on any atom is 0.472 e. The molecule has 0 spiro atoms. The van der Waals surface area contributed by atoms with Gasteiger partial charge in [0.2, 0.25) is 5.95 Å². The molecule has 3 fully saturated rings. The third kappa shape index (κ3) is 5.94. The highest BCUT2D eigenvalue weighted by atomic mass is 31.2. The molecule has 10 atom stereocenters. The van der Waals surface area contributed by atoms with Crippen LogP contribution in [0.25, 0.3) is 11.2 Å². The highest BCUT2D eigenvalue weighted by Gasteiger charge is 2.53. The van der Waals surface area contributed by atoms with E-state index in [0.717, 1.165) is 23.4 Å². The summed E-state index contributed by atoms with van der Waals surface area (Å²) in [7, 11) is -10.0. The number of nitrogens with zero attached hydrogens (tertiary/aromatic N) is 5. The van der Waals surface area contributed by atoms with Gasteiger partial charge in [0, 0.05) is 5.92 Å². The van der Waals surface area contributed by atoms with Gasteiger partial charge in [-0.25, -0.2) is 28.5 Å². The van der Waals surface area contributed by atoms with Gasteiger partial charge in [-0.1, -0.05) is 0 Å². The number of anilines is 2. The number of imidazole rings is 1. The van der Waals surface area contributed by atoms with Crippen LogP contribution < -0.4 is 16.6 Å². The topological polar surface area (TPSA) is 289 Å². The van der Waals surface area contributed by atoms with Crippen LogP contribution in [-0.2, 0) is 32.0 Å². The molecule has 2 aliphatic heterocycles. The molecule has 1 aliphatic carbocycles. The normalized spacial score (nSPS) is 38.6. The van der Waals surface area contributed by atoms with Crippen LogP contribution >= 0.6 is 15.6 Å². The van der Waals surface area contributed by atoms with Crippen molar-refractivity contribution in [3.05, 3.63) is 35.0 Å². The first kappa shape index (κ1) is 30.1. The number of hydrogen-bond donors (Lipinski definition) is 7. The van der Waals surface area contributed by atoms with Crippen LogP contribution in [0.2, 0.25) is 0 Å². The van der Waals surface area contributed by atoms with E-state index in [2.05, 4.69) is 30.2 Å². The lowest BCUT2D eigenvalue weighted by atomic mass is 10.1. The third-order valence-electron chi connectivity index (χ3n) is 7.16. The molecule has 234 valence electrons. The van der Waals surface area contributed by atoms with Gasteiger partial charge in [-0.05, 0) is 6.42 Å². The Morgan fingerprint density at radius 3 is 2.56 bits per heavy atom. The highest BCUT2D eigenvalue weighted by molar-refractivity contribution is 7.47. The minimum absolute atomic E-state index is 0.113. The summed E-state index contributed by atoms with van der Waals surface area (Å²) in [5.41, 5.74) is 4.64. The molecule has 0 amide bonds. The Hall–Kier alpha value is -2.94. The van der Waals surface area contributed by atoms with Crippen molar-refractivity contribution in [2.45, 2.75) is 49.2 Å². The van der Waals surface area contributed by atoms with Gasteiger partial charge in [0.1, 0.15) is 36.8 Å². The average molecular weight is 650 g/mol. The largest absolute Gasteiger partial charge is 0.472 e. The summed E-state index contributed by atoms with van der Waals surface area (Å²) in [6.45, 7) is -1.47. The van der Waals surface area contributed by atoms with Crippen molar-refractivity contribution >= 4 is 38.6 Å². The number of rotatable bonds is 3. The standard InChI is InChI=1S/C20H25FN8O12P2/c21-8-2-23-5-24-16(8)26-9-1-7-3-37-42(33,34)41-15-13(31)10(4-38-43(35,36)40-14(7)12(9)30)39-19(15)29-6-25-11-17(29)27-20(22)28-18(11)32/h2,5-7,9-10,12-15,19,30-31H,1,3-4H2,(H,33,34)(H,35,36)(H,23,24,26)(H3,22,27,28,32)/t7-,9-,10-,12+,13-,14-,15-,19-/m1/s1. The summed E-state index contributed by atoms with van der Waals surface area (Å²) in [6.07, 6.45) is -6.56. The lowest BCUT2D eigenvalue weighted by Crippen LogP contribution is -2.37. The van der Waals surface area contributed by atoms with Crippen LogP contribution in [0.3, 0.4) is 0 Å². The van der Waals surface area contributed by atoms with Gasteiger partial charge in [-0.15, -0.1) is 0 Å². The number of aromatic amines is 1. The molecule has 20 nitrogen and oxygen atoms in total.